The van der Waals surface area contributed by atoms with E-state index in [9.17, 15) is 32.3 Å². The monoisotopic (exact) mass is 685 g/mol. The van der Waals surface area contributed by atoms with Crippen LogP contribution in [0.15, 0.2) is 40.9 Å². The van der Waals surface area contributed by atoms with Crippen molar-refractivity contribution in [2.45, 2.75) is 78.4 Å². The lowest BCUT2D eigenvalue weighted by Crippen LogP contribution is -2.56. The fraction of sp³-hybridized carbons (Fsp3) is 0.467. The van der Waals surface area contributed by atoms with E-state index in [1.165, 1.54) is 0 Å². The van der Waals surface area contributed by atoms with E-state index >= 15 is 0 Å². The molecule has 0 saturated heterocycles. The van der Waals surface area contributed by atoms with Gasteiger partial charge in [0.15, 0.2) is 0 Å². The highest BCUT2D eigenvalue weighted by atomic mass is 79.9. The Balaban J connectivity index is 2.16. The molecule has 1 atom stereocenters. The highest BCUT2D eigenvalue weighted by Crippen LogP contribution is 2.32. The van der Waals surface area contributed by atoms with Gasteiger partial charge >= 0.3 is 12.3 Å². The molecule has 0 radical (unpaired) electrons. The molecular weight excluding hydrogens is 647 g/mol. The van der Waals surface area contributed by atoms with Crippen LogP contribution in [0.4, 0.5) is 23.7 Å². The van der Waals surface area contributed by atoms with Crippen molar-refractivity contribution in [2.24, 2.45) is 0 Å². The number of benzene rings is 2. The molecule has 4 amide bonds. The van der Waals surface area contributed by atoms with Gasteiger partial charge in [-0.05, 0) is 89.9 Å². The van der Waals surface area contributed by atoms with E-state index in [0.29, 0.717) is 18.7 Å². The van der Waals surface area contributed by atoms with E-state index < -0.39 is 64.8 Å². The third kappa shape index (κ3) is 12.5. The van der Waals surface area contributed by atoms with E-state index in [-0.39, 0.29) is 12.2 Å². The number of carbonyl (C=O) groups is 4. The molecule has 0 saturated carbocycles. The second-order valence-corrected chi connectivity index (χ2v) is 13.0. The molecule has 0 spiro atoms. The third-order valence-corrected chi connectivity index (χ3v) is 6.25. The van der Waals surface area contributed by atoms with Gasteiger partial charge in [0, 0.05) is 23.1 Å². The van der Waals surface area contributed by atoms with Gasteiger partial charge < -0.3 is 26.0 Å². The average Bonchev–Trinajstić information content (AvgIpc) is 2.85. The van der Waals surface area contributed by atoms with E-state index in [2.05, 4.69) is 42.5 Å². The van der Waals surface area contributed by atoms with E-state index in [1.54, 1.807) is 41.5 Å². The smallest absolute Gasteiger partial charge is 0.416 e. The van der Waals surface area contributed by atoms with Crippen molar-refractivity contribution in [2.75, 3.05) is 18.4 Å². The molecule has 0 aliphatic rings. The maximum absolute atomic E-state index is 13.4. The SMILES string of the molecule is Cc1cc(Br)ccc1CNC[C@H](NC(=O)CNC(=O)c1cc(C(F)(F)F)ccc1NC(=O)OC(C)(C)C)C(=O)NC(C)(C)C. The fourth-order valence-electron chi connectivity index (χ4n) is 3.81. The Morgan fingerprint density at radius 3 is 2.18 bits per heavy atom. The fourth-order valence-corrected chi connectivity index (χ4v) is 4.28. The first-order chi connectivity index (χ1) is 20.1. The Morgan fingerprint density at radius 2 is 1.61 bits per heavy atom. The van der Waals surface area contributed by atoms with Gasteiger partial charge in [-0.15, -0.1) is 0 Å². The summed E-state index contributed by atoms with van der Waals surface area (Å²) in [5.74, 6) is -2.29. The highest BCUT2D eigenvalue weighted by molar-refractivity contribution is 9.10. The molecule has 44 heavy (non-hydrogen) atoms. The number of hydrogen-bond acceptors (Lipinski definition) is 6. The lowest BCUT2D eigenvalue weighted by atomic mass is 10.1. The molecule has 242 valence electrons. The van der Waals surface area contributed by atoms with Crippen molar-refractivity contribution >= 4 is 45.4 Å². The van der Waals surface area contributed by atoms with Crippen molar-refractivity contribution < 1.29 is 37.1 Å². The van der Waals surface area contributed by atoms with Crippen molar-refractivity contribution in [3.63, 3.8) is 0 Å². The maximum Gasteiger partial charge on any atom is 0.416 e. The molecule has 5 N–H and O–H groups in total. The summed E-state index contributed by atoms with van der Waals surface area (Å²) in [7, 11) is 0. The Labute approximate surface area is 263 Å². The van der Waals surface area contributed by atoms with Gasteiger partial charge in [-0.25, -0.2) is 4.79 Å². The van der Waals surface area contributed by atoms with Crippen LogP contribution >= 0.6 is 15.9 Å². The second-order valence-electron chi connectivity index (χ2n) is 12.1. The quantitative estimate of drug-likeness (QED) is 0.238. The van der Waals surface area contributed by atoms with Crippen LogP contribution in [-0.4, -0.2) is 54.1 Å². The lowest BCUT2D eigenvalue weighted by molar-refractivity contribution is -0.137. The Kier molecular flexibility index (Phi) is 12.4. The predicted octanol–water partition coefficient (Wildman–Crippen LogP) is 5.04. The van der Waals surface area contributed by atoms with Crippen LogP contribution in [0.3, 0.4) is 0 Å². The van der Waals surface area contributed by atoms with Gasteiger partial charge in [0.2, 0.25) is 11.8 Å². The Bertz CT molecular complexity index is 1370. The minimum absolute atomic E-state index is 0.0503. The van der Waals surface area contributed by atoms with Crippen molar-refractivity contribution in [1.29, 1.82) is 0 Å². The zero-order valence-corrected chi connectivity index (χ0v) is 27.3. The summed E-state index contributed by atoms with van der Waals surface area (Å²) in [5.41, 5.74) is -1.42. The molecule has 2 rings (SSSR count). The van der Waals surface area contributed by atoms with Crippen LogP contribution in [0, 0.1) is 6.92 Å². The van der Waals surface area contributed by atoms with Gasteiger partial charge in [0.05, 0.1) is 23.4 Å². The summed E-state index contributed by atoms with van der Waals surface area (Å²) in [6.07, 6.45) is -5.76. The van der Waals surface area contributed by atoms with Crippen LogP contribution in [-0.2, 0) is 27.0 Å². The van der Waals surface area contributed by atoms with Gasteiger partial charge in [-0.1, -0.05) is 22.0 Å². The van der Waals surface area contributed by atoms with Crippen molar-refractivity contribution in [1.82, 2.24) is 21.3 Å². The van der Waals surface area contributed by atoms with Crippen LogP contribution in [0.1, 0.15) is 68.6 Å². The molecule has 0 fully saturated rings. The first-order valence-corrected chi connectivity index (χ1v) is 14.5. The number of amides is 4. The van der Waals surface area contributed by atoms with Crippen LogP contribution in [0.2, 0.25) is 0 Å². The molecule has 0 unspecified atom stereocenters. The predicted molar refractivity (Wildman–Crippen MR) is 164 cm³/mol. The Hall–Kier alpha value is -3.65. The van der Waals surface area contributed by atoms with Crippen LogP contribution in [0.25, 0.3) is 0 Å². The zero-order valence-electron chi connectivity index (χ0n) is 25.7. The van der Waals surface area contributed by atoms with Crippen molar-refractivity contribution in [3.8, 4) is 0 Å². The largest absolute Gasteiger partial charge is 0.444 e. The molecular formula is C30H39BrF3N5O5. The molecule has 14 heteroatoms. The van der Waals surface area contributed by atoms with E-state index in [0.717, 1.165) is 21.7 Å². The molecule has 0 bridgehead atoms. The number of anilines is 1. The second kappa shape index (κ2) is 14.9. The zero-order chi connectivity index (χ0) is 33.5. The number of carbonyl (C=O) groups excluding carboxylic acids is 4. The molecule has 0 aromatic heterocycles. The standard InChI is InChI=1S/C30H39BrF3N5O5/c1-17-12-20(31)10-8-18(17)14-35-15-23(26(42)39-28(2,3)4)37-24(40)16-36-25(41)21-13-19(30(32,33)34)9-11-22(21)38-27(43)44-29(5,6)7/h8-13,23,35H,14-16H2,1-7H3,(H,36,41)(H,37,40)(H,38,43)(H,39,42)/t23-/m0/s1. The summed E-state index contributed by atoms with van der Waals surface area (Å²) in [6, 6.07) is 6.91. The molecule has 0 aliphatic heterocycles. The number of nitrogens with one attached hydrogen (secondary N) is 5. The lowest BCUT2D eigenvalue weighted by Gasteiger charge is -2.26. The number of alkyl halides is 3. The molecule has 0 heterocycles. The van der Waals surface area contributed by atoms with Gasteiger partial charge in [-0.2, -0.15) is 13.2 Å². The first-order valence-electron chi connectivity index (χ1n) is 13.7. The minimum Gasteiger partial charge on any atom is -0.444 e. The number of halogens is 4. The number of hydrogen-bond donors (Lipinski definition) is 5. The summed E-state index contributed by atoms with van der Waals surface area (Å²) < 4.78 is 46.2. The number of rotatable bonds is 10. The minimum atomic E-state index is -4.77. The van der Waals surface area contributed by atoms with E-state index in [1.807, 2.05) is 25.1 Å². The summed E-state index contributed by atoms with van der Waals surface area (Å²) in [5, 5.41) is 13.0. The number of aryl methyl sites for hydroxylation is 1. The maximum atomic E-state index is 13.4. The molecule has 0 aliphatic carbocycles. The van der Waals surface area contributed by atoms with Gasteiger partial charge in [0.25, 0.3) is 5.91 Å². The first kappa shape index (κ1) is 36.5. The number of ether oxygens (including phenoxy) is 1. The Morgan fingerprint density at radius 1 is 0.955 bits per heavy atom. The summed E-state index contributed by atoms with van der Waals surface area (Å²) in [6.45, 7) is 11.9. The normalized spacial score (nSPS) is 12.6. The summed E-state index contributed by atoms with van der Waals surface area (Å²) >= 11 is 3.41. The molecule has 10 nitrogen and oxygen atoms in total. The molecule has 2 aromatic rings. The van der Waals surface area contributed by atoms with Crippen LogP contribution < -0.4 is 26.6 Å². The van der Waals surface area contributed by atoms with E-state index in [4.69, 9.17) is 4.74 Å². The third-order valence-electron chi connectivity index (χ3n) is 5.76. The molecule has 2 aromatic carbocycles. The van der Waals surface area contributed by atoms with Crippen LogP contribution in [0.5, 0.6) is 0 Å². The van der Waals surface area contributed by atoms with Gasteiger partial charge in [-0.3, -0.25) is 19.7 Å². The highest BCUT2D eigenvalue weighted by Gasteiger charge is 2.32. The topological polar surface area (TPSA) is 138 Å². The van der Waals surface area contributed by atoms with Gasteiger partial charge in [0.1, 0.15) is 11.6 Å². The average molecular weight is 687 g/mol. The van der Waals surface area contributed by atoms with Crippen molar-refractivity contribution in [3.05, 3.63) is 63.1 Å². The summed E-state index contributed by atoms with van der Waals surface area (Å²) in [4.78, 5) is 51.0.